The largest absolute Gasteiger partial charge is 0.398 e. The molecule has 114 valence electrons. The first-order valence-electron chi connectivity index (χ1n) is 6.98. The molecular formula is C17H13N3O2S. The van der Waals surface area contributed by atoms with Crippen LogP contribution < -0.4 is 10.6 Å². The molecule has 5 nitrogen and oxygen atoms in total. The molecule has 0 unspecified atom stereocenters. The molecule has 2 aromatic rings. The number of thioether (sulfide) groups is 1. The predicted molar refractivity (Wildman–Crippen MR) is 88.8 cm³/mol. The summed E-state index contributed by atoms with van der Waals surface area (Å²) in [5.41, 5.74) is 7.32. The SMILES string of the molecule is N#Cc1cccc(N2C(=O)C[C@H](Sc3ccccc3N)C2=O)c1. The van der Waals surface area contributed by atoms with Gasteiger partial charge in [0.05, 0.1) is 22.6 Å². The molecule has 3 rings (SSSR count). The topological polar surface area (TPSA) is 87.2 Å². The van der Waals surface area contributed by atoms with Crippen LogP contribution in [0, 0.1) is 11.3 Å². The number of imide groups is 1. The lowest BCUT2D eigenvalue weighted by molar-refractivity contribution is -0.121. The molecule has 0 aromatic heterocycles. The number of nitrogens with zero attached hydrogens (tertiary/aromatic N) is 2. The van der Waals surface area contributed by atoms with Crippen LogP contribution in [0.4, 0.5) is 11.4 Å². The van der Waals surface area contributed by atoms with Gasteiger partial charge in [-0.2, -0.15) is 5.26 Å². The fourth-order valence-electron chi connectivity index (χ4n) is 2.42. The lowest BCUT2D eigenvalue weighted by Crippen LogP contribution is -2.31. The van der Waals surface area contributed by atoms with E-state index in [9.17, 15) is 9.59 Å². The Morgan fingerprint density at radius 2 is 1.96 bits per heavy atom. The van der Waals surface area contributed by atoms with Crippen molar-refractivity contribution in [2.24, 2.45) is 0 Å². The van der Waals surface area contributed by atoms with E-state index in [1.54, 1.807) is 30.3 Å². The second-order valence-corrected chi connectivity index (χ2v) is 6.32. The van der Waals surface area contributed by atoms with Crippen molar-refractivity contribution in [3.63, 3.8) is 0 Å². The second kappa shape index (κ2) is 6.15. The zero-order valence-corrected chi connectivity index (χ0v) is 12.9. The summed E-state index contributed by atoms with van der Waals surface area (Å²) in [6.45, 7) is 0. The van der Waals surface area contributed by atoms with Gasteiger partial charge in [-0.25, -0.2) is 4.90 Å². The van der Waals surface area contributed by atoms with Crippen molar-refractivity contribution in [2.75, 3.05) is 10.6 Å². The van der Waals surface area contributed by atoms with E-state index < -0.39 is 5.25 Å². The van der Waals surface area contributed by atoms with Crippen LogP contribution >= 0.6 is 11.8 Å². The highest BCUT2D eigenvalue weighted by atomic mass is 32.2. The van der Waals surface area contributed by atoms with Gasteiger partial charge in [0, 0.05) is 17.0 Å². The van der Waals surface area contributed by atoms with Crippen molar-refractivity contribution >= 4 is 35.0 Å². The summed E-state index contributed by atoms with van der Waals surface area (Å²) in [5, 5.41) is 8.46. The van der Waals surface area contributed by atoms with Crippen LogP contribution in [-0.2, 0) is 9.59 Å². The number of hydrogen-bond acceptors (Lipinski definition) is 5. The predicted octanol–water partition coefficient (Wildman–Crippen LogP) is 2.56. The van der Waals surface area contributed by atoms with Crippen molar-refractivity contribution in [2.45, 2.75) is 16.6 Å². The van der Waals surface area contributed by atoms with Gasteiger partial charge >= 0.3 is 0 Å². The van der Waals surface area contributed by atoms with Crippen molar-refractivity contribution in [1.82, 2.24) is 0 Å². The lowest BCUT2D eigenvalue weighted by Gasteiger charge is -2.15. The van der Waals surface area contributed by atoms with Gasteiger partial charge in [-0.05, 0) is 30.3 Å². The maximum Gasteiger partial charge on any atom is 0.247 e. The maximum absolute atomic E-state index is 12.6. The van der Waals surface area contributed by atoms with Gasteiger partial charge in [0.2, 0.25) is 11.8 Å². The Kier molecular flexibility index (Phi) is 4.04. The number of nitrogen functional groups attached to an aromatic ring is 1. The first-order valence-corrected chi connectivity index (χ1v) is 7.86. The quantitative estimate of drug-likeness (QED) is 0.693. The summed E-state index contributed by atoms with van der Waals surface area (Å²) in [4.78, 5) is 26.8. The molecule has 2 aromatic carbocycles. The molecule has 1 aliphatic heterocycles. The van der Waals surface area contributed by atoms with Crippen molar-refractivity contribution in [1.29, 1.82) is 5.26 Å². The van der Waals surface area contributed by atoms with Crippen LogP contribution in [0.15, 0.2) is 53.4 Å². The number of benzene rings is 2. The molecule has 1 heterocycles. The third-order valence-corrected chi connectivity index (χ3v) is 4.81. The summed E-state index contributed by atoms with van der Waals surface area (Å²) in [7, 11) is 0. The maximum atomic E-state index is 12.6. The van der Waals surface area contributed by atoms with Crippen molar-refractivity contribution in [3.8, 4) is 6.07 Å². The van der Waals surface area contributed by atoms with Crippen LogP contribution in [-0.4, -0.2) is 17.1 Å². The number of nitriles is 1. The second-order valence-electron chi connectivity index (χ2n) is 5.08. The van der Waals surface area contributed by atoms with E-state index in [2.05, 4.69) is 0 Å². The van der Waals surface area contributed by atoms with E-state index in [1.807, 2.05) is 24.3 Å². The number of carbonyl (C=O) groups is 2. The first kappa shape index (κ1) is 15.1. The van der Waals surface area contributed by atoms with Crippen LogP contribution in [0.1, 0.15) is 12.0 Å². The van der Waals surface area contributed by atoms with E-state index >= 15 is 0 Å². The minimum atomic E-state index is -0.502. The molecule has 0 saturated carbocycles. The van der Waals surface area contributed by atoms with Gasteiger partial charge in [-0.3, -0.25) is 9.59 Å². The zero-order chi connectivity index (χ0) is 16.4. The zero-order valence-electron chi connectivity index (χ0n) is 12.1. The van der Waals surface area contributed by atoms with Gasteiger partial charge in [-0.15, -0.1) is 11.8 Å². The Labute approximate surface area is 137 Å². The number of para-hydroxylation sites is 1. The Hall–Kier alpha value is -2.78. The molecule has 1 fully saturated rings. The van der Waals surface area contributed by atoms with Gasteiger partial charge in [0.15, 0.2) is 0 Å². The van der Waals surface area contributed by atoms with E-state index in [1.165, 1.54) is 11.8 Å². The minimum absolute atomic E-state index is 0.120. The molecule has 23 heavy (non-hydrogen) atoms. The smallest absolute Gasteiger partial charge is 0.247 e. The Balaban J connectivity index is 1.85. The normalized spacial score (nSPS) is 17.3. The Bertz CT molecular complexity index is 829. The average molecular weight is 323 g/mol. The summed E-state index contributed by atoms with van der Waals surface area (Å²) < 4.78 is 0. The van der Waals surface area contributed by atoms with Crippen LogP contribution in [0.25, 0.3) is 0 Å². The molecule has 0 aliphatic carbocycles. The molecule has 2 N–H and O–H groups in total. The third kappa shape index (κ3) is 2.91. The Morgan fingerprint density at radius 3 is 2.70 bits per heavy atom. The molecule has 0 bridgehead atoms. The first-order chi connectivity index (χ1) is 11.1. The number of amides is 2. The Morgan fingerprint density at radius 1 is 1.17 bits per heavy atom. The van der Waals surface area contributed by atoms with E-state index in [0.717, 1.165) is 9.80 Å². The molecule has 1 atom stereocenters. The number of hydrogen-bond donors (Lipinski definition) is 1. The molecular weight excluding hydrogens is 310 g/mol. The van der Waals surface area contributed by atoms with Gasteiger partial charge in [0.25, 0.3) is 0 Å². The van der Waals surface area contributed by atoms with Gasteiger partial charge in [-0.1, -0.05) is 18.2 Å². The molecule has 6 heteroatoms. The molecule has 2 amide bonds. The fraction of sp³-hybridized carbons (Fsp3) is 0.118. The highest BCUT2D eigenvalue weighted by Gasteiger charge is 2.40. The summed E-state index contributed by atoms with van der Waals surface area (Å²) >= 11 is 1.30. The molecule has 0 spiro atoms. The summed E-state index contributed by atoms with van der Waals surface area (Å²) in [6, 6.07) is 15.7. The number of carbonyl (C=O) groups excluding carboxylic acids is 2. The van der Waals surface area contributed by atoms with E-state index in [0.29, 0.717) is 16.9 Å². The van der Waals surface area contributed by atoms with Gasteiger partial charge in [0.1, 0.15) is 0 Å². The molecule has 0 radical (unpaired) electrons. The monoisotopic (exact) mass is 323 g/mol. The van der Waals surface area contributed by atoms with Crippen molar-refractivity contribution in [3.05, 3.63) is 54.1 Å². The minimum Gasteiger partial charge on any atom is -0.398 e. The van der Waals surface area contributed by atoms with Crippen LogP contribution in [0.5, 0.6) is 0 Å². The highest BCUT2D eigenvalue weighted by Crippen LogP contribution is 2.36. The summed E-state index contributed by atoms with van der Waals surface area (Å²) in [5.74, 6) is -0.546. The van der Waals surface area contributed by atoms with E-state index in [-0.39, 0.29) is 18.2 Å². The lowest BCUT2D eigenvalue weighted by atomic mass is 10.2. The standard InChI is InChI=1S/C17H13N3O2S/c18-10-11-4-3-5-12(8-11)20-16(21)9-15(17(20)22)23-14-7-2-1-6-13(14)19/h1-8,15H,9,19H2/t15-/m0/s1. The van der Waals surface area contributed by atoms with Gasteiger partial charge < -0.3 is 5.73 Å². The highest BCUT2D eigenvalue weighted by molar-refractivity contribution is 8.00. The number of rotatable bonds is 3. The van der Waals surface area contributed by atoms with Crippen LogP contribution in [0.3, 0.4) is 0 Å². The molecule has 1 aliphatic rings. The average Bonchev–Trinajstić information content (AvgIpc) is 2.83. The molecule has 1 saturated heterocycles. The number of nitrogens with two attached hydrogens (primary N) is 1. The fourth-order valence-corrected chi connectivity index (χ4v) is 3.52. The van der Waals surface area contributed by atoms with Crippen molar-refractivity contribution < 1.29 is 9.59 Å². The third-order valence-electron chi connectivity index (χ3n) is 3.53. The van der Waals surface area contributed by atoms with E-state index in [4.69, 9.17) is 11.0 Å². The van der Waals surface area contributed by atoms with Crippen LogP contribution in [0.2, 0.25) is 0 Å². The summed E-state index contributed by atoms with van der Waals surface area (Å²) in [6.07, 6.45) is 0.120. The number of anilines is 2.